The van der Waals surface area contributed by atoms with Crippen LogP contribution in [0, 0.1) is 12.8 Å². The van der Waals surface area contributed by atoms with E-state index >= 15 is 0 Å². The molecule has 0 aliphatic carbocycles. The molecule has 1 nitrogen and oxygen atoms in total. The molecule has 76 valence electrons. The molecule has 1 heterocycles. The van der Waals surface area contributed by atoms with Crippen LogP contribution in [0.5, 0.6) is 0 Å². The lowest BCUT2D eigenvalue weighted by atomic mass is 10.1. The Morgan fingerprint density at radius 1 is 1.43 bits per heavy atom. The van der Waals surface area contributed by atoms with Gasteiger partial charge in [-0.1, -0.05) is 36.8 Å². The van der Waals surface area contributed by atoms with Gasteiger partial charge in [0.05, 0.1) is 0 Å². The van der Waals surface area contributed by atoms with E-state index in [0.717, 1.165) is 12.5 Å². The van der Waals surface area contributed by atoms with Crippen LogP contribution in [0.3, 0.4) is 0 Å². The molecule has 1 saturated heterocycles. The Bertz CT molecular complexity index is 306. The minimum atomic E-state index is 0.889. The summed E-state index contributed by atoms with van der Waals surface area (Å²) in [5, 5.41) is 0. The fraction of sp³-hybridized carbons (Fsp3) is 0.538. The lowest BCUT2D eigenvalue weighted by Crippen LogP contribution is -2.19. The molecule has 1 aromatic rings. The van der Waals surface area contributed by atoms with Gasteiger partial charge in [-0.05, 0) is 31.4 Å². The standard InChI is InChI=1S/C13H19N/c1-11-4-3-5-13(8-11)10-14-7-6-12(2)9-14/h3-5,8,12H,6-7,9-10H2,1-2H3. The van der Waals surface area contributed by atoms with Crippen LogP contribution in [0.4, 0.5) is 0 Å². The highest BCUT2D eigenvalue weighted by Gasteiger charge is 2.18. The first-order valence-corrected chi connectivity index (χ1v) is 5.52. The average Bonchev–Trinajstić information content (AvgIpc) is 2.51. The number of likely N-dealkylation sites (tertiary alicyclic amines) is 1. The lowest BCUT2D eigenvalue weighted by molar-refractivity contribution is 0.320. The molecule has 0 radical (unpaired) electrons. The molecular weight excluding hydrogens is 170 g/mol. The Hall–Kier alpha value is -0.820. The Morgan fingerprint density at radius 3 is 2.93 bits per heavy atom. The second-order valence-electron chi connectivity index (χ2n) is 4.62. The molecule has 0 aromatic heterocycles. The fourth-order valence-electron chi connectivity index (χ4n) is 2.24. The van der Waals surface area contributed by atoms with Gasteiger partial charge < -0.3 is 0 Å². The lowest BCUT2D eigenvalue weighted by Gasteiger charge is -2.15. The first-order chi connectivity index (χ1) is 6.74. The van der Waals surface area contributed by atoms with Gasteiger partial charge in [0.15, 0.2) is 0 Å². The van der Waals surface area contributed by atoms with Crippen LogP contribution in [0.25, 0.3) is 0 Å². The van der Waals surface area contributed by atoms with Gasteiger partial charge in [0.2, 0.25) is 0 Å². The summed E-state index contributed by atoms with van der Waals surface area (Å²) in [7, 11) is 0. The van der Waals surface area contributed by atoms with Gasteiger partial charge in [0.1, 0.15) is 0 Å². The van der Waals surface area contributed by atoms with E-state index in [2.05, 4.69) is 43.0 Å². The number of benzene rings is 1. The summed E-state index contributed by atoms with van der Waals surface area (Å²) in [6.07, 6.45) is 1.37. The number of rotatable bonds is 2. The number of nitrogens with zero attached hydrogens (tertiary/aromatic N) is 1. The van der Waals surface area contributed by atoms with Gasteiger partial charge in [-0.25, -0.2) is 0 Å². The zero-order chi connectivity index (χ0) is 9.97. The highest BCUT2D eigenvalue weighted by molar-refractivity contribution is 5.22. The summed E-state index contributed by atoms with van der Waals surface area (Å²) in [5.41, 5.74) is 2.83. The third-order valence-corrected chi connectivity index (χ3v) is 3.00. The van der Waals surface area contributed by atoms with Crippen molar-refractivity contribution in [2.45, 2.75) is 26.8 Å². The quantitative estimate of drug-likeness (QED) is 0.691. The molecule has 0 amide bonds. The fourth-order valence-corrected chi connectivity index (χ4v) is 2.24. The van der Waals surface area contributed by atoms with Gasteiger partial charge in [-0.3, -0.25) is 4.90 Å². The van der Waals surface area contributed by atoms with Crippen molar-refractivity contribution >= 4 is 0 Å². The second kappa shape index (κ2) is 4.14. The zero-order valence-corrected chi connectivity index (χ0v) is 9.16. The number of hydrogen-bond acceptors (Lipinski definition) is 1. The van der Waals surface area contributed by atoms with Crippen molar-refractivity contribution in [3.63, 3.8) is 0 Å². The molecule has 1 aliphatic heterocycles. The van der Waals surface area contributed by atoms with Crippen LogP contribution in [0.15, 0.2) is 24.3 Å². The molecule has 1 fully saturated rings. The van der Waals surface area contributed by atoms with Crippen LogP contribution in [0.1, 0.15) is 24.5 Å². The van der Waals surface area contributed by atoms with Gasteiger partial charge in [0.25, 0.3) is 0 Å². The predicted molar refractivity (Wildman–Crippen MR) is 60.2 cm³/mol. The topological polar surface area (TPSA) is 3.24 Å². The van der Waals surface area contributed by atoms with Gasteiger partial charge in [0, 0.05) is 13.1 Å². The van der Waals surface area contributed by atoms with E-state index in [-0.39, 0.29) is 0 Å². The van der Waals surface area contributed by atoms with Crippen molar-refractivity contribution in [2.75, 3.05) is 13.1 Å². The van der Waals surface area contributed by atoms with Crippen LogP contribution in [-0.4, -0.2) is 18.0 Å². The average molecular weight is 189 g/mol. The Morgan fingerprint density at radius 2 is 2.29 bits per heavy atom. The van der Waals surface area contributed by atoms with E-state index in [1.54, 1.807) is 0 Å². The summed E-state index contributed by atoms with van der Waals surface area (Å²) >= 11 is 0. The normalized spacial score (nSPS) is 22.9. The van der Waals surface area contributed by atoms with E-state index in [9.17, 15) is 0 Å². The van der Waals surface area contributed by atoms with E-state index in [4.69, 9.17) is 0 Å². The molecule has 1 atom stereocenters. The molecule has 1 aromatic carbocycles. The predicted octanol–water partition coefficient (Wildman–Crippen LogP) is 2.84. The molecule has 14 heavy (non-hydrogen) atoms. The van der Waals surface area contributed by atoms with Crippen LogP contribution in [0.2, 0.25) is 0 Å². The van der Waals surface area contributed by atoms with Gasteiger partial charge >= 0.3 is 0 Å². The first kappa shape index (κ1) is 9.72. The second-order valence-corrected chi connectivity index (χ2v) is 4.62. The number of hydrogen-bond donors (Lipinski definition) is 0. The summed E-state index contributed by atoms with van der Waals surface area (Å²) in [5.74, 6) is 0.889. The van der Waals surface area contributed by atoms with Crippen molar-refractivity contribution in [3.05, 3.63) is 35.4 Å². The van der Waals surface area contributed by atoms with Gasteiger partial charge in [-0.2, -0.15) is 0 Å². The van der Waals surface area contributed by atoms with E-state index in [1.165, 1.54) is 30.6 Å². The zero-order valence-electron chi connectivity index (χ0n) is 9.16. The monoisotopic (exact) mass is 189 g/mol. The molecule has 2 rings (SSSR count). The Balaban J connectivity index is 1.97. The maximum absolute atomic E-state index is 2.55. The minimum absolute atomic E-state index is 0.889. The Labute approximate surface area is 86.7 Å². The molecule has 0 spiro atoms. The third kappa shape index (κ3) is 2.36. The first-order valence-electron chi connectivity index (χ1n) is 5.52. The smallest absolute Gasteiger partial charge is 0.0233 e. The van der Waals surface area contributed by atoms with E-state index < -0.39 is 0 Å². The van der Waals surface area contributed by atoms with Crippen molar-refractivity contribution in [1.29, 1.82) is 0 Å². The van der Waals surface area contributed by atoms with E-state index in [1.807, 2.05) is 0 Å². The molecule has 1 heteroatoms. The molecule has 1 aliphatic rings. The molecular formula is C13H19N. The molecule has 0 bridgehead atoms. The van der Waals surface area contributed by atoms with Gasteiger partial charge in [-0.15, -0.1) is 0 Å². The van der Waals surface area contributed by atoms with Crippen molar-refractivity contribution in [3.8, 4) is 0 Å². The van der Waals surface area contributed by atoms with Crippen molar-refractivity contribution in [2.24, 2.45) is 5.92 Å². The summed E-state index contributed by atoms with van der Waals surface area (Å²) in [6, 6.07) is 8.85. The number of aryl methyl sites for hydroxylation is 1. The van der Waals surface area contributed by atoms with Crippen LogP contribution in [-0.2, 0) is 6.54 Å². The Kier molecular flexibility index (Phi) is 2.87. The van der Waals surface area contributed by atoms with Crippen molar-refractivity contribution in [1.82, 2.24) is 4.90 Å². The summed E-state index contributed by atoms with van der Waals surface area (Å²) in [6.45, 7) is 8.18. The molecule has 1 unspecified atom stereocenters. The minimum Gasteiger partial charge on any atom is -0.299 e. The molecule has 0 N–H and O–H groups in total. The molecule has 0 saturated carbocycles. The van der Waals surface area contributed by atoms with Crippen LogP contribution < -0.4 is 0 Å². The van der Waals surface area contributed by atoms with Crippen molar-refractivity contribution < 1.29 is 0 Å². The third-order valence-electron chi connectivity index (χ3n) is 3.00. The summed E-state index contributed by atoms with van der Waals surface area (Å²) < 4.78 is 0. The highest BCUT2D eigenvalue weighted by atomic mass is 15.1. The highest BCUT2D eigenvalue weighted by Crippen LogP contribution is 2.17. The maximum Gasteiger partial charge on any atom is 0.0233 e. The van der Waals surface area contributed by atoms with Crippen LogP contribution >= 0.6 is 0 Å². The maximum atomic E-state index is 2.55. The van der Waals surface area contributed by atoms with E-state index in [0.29, 0.717) is 0 Å². The SMILES string of the molecule is Cc1cccc(CN2CCC(C)C2)c1. The summed E-state index contributed by atoms with van der Waals surface area (Å²) in [4.78, 5) is 2.55. The largest absolute Gasteiger partial charge is 0.299 e.